The van der Waals surface area contributed by atoms with Crippen molar-refractivity contribution in [3.8, 4) is 0 Å². The molecule has 0 fully saturated rings. The van der Waals surface area contributed by atoms with Crippen molar-refractivity contribution >= 4 is 0 Å². The van der Waals surface area contributed by atoms with Crippen molar-refractivity contribution in [2.45, 2.75) is 32.4 Å². The minimum atomic E-state index is -2.66. The molecule has 0 aliphatic carbocycles. The molecule has 0 amide bonds. The number of aliphatic hydroxyl groups is 1. The van der Waals surface area contributed by atoms with Crippen LogP contribution in [0.15, 0.2) is 6.33 Å². The second-order valence-electron chi connectivity index (χ2n) is 3.41. The van der Waals surface area contributed by atoms with Crippen LogP contribution in [-0.2, 0) is 6.54 Å². The Morgan fingerprint density at radius 2 is 2.23 bits per heavy atom. The molecule has 1 N–H and O–H groups in total. The van der Waals surface area contributed by atoms with E-state index in [0.717, 1.165) is 0 Å². The molecule has 1 rings (SSSR count). The van der Waals surface area contributed by atoms with Crippen molar-refractivity contribution in [1.82, 2.24) is 14.8 Å². The molecular formula is C7H11F2N3O. The summed E-state index contributed by atoms with van der Waals surface area (Å²) in [6, 6.07) is 0. The Morgan fingerprint density at radius 3 is 2.62 bits per heavy atom. The second-order valence-corrected chi connectivity index (χ2v) is 3.41. The molecule has 6 heteroatoms. The Hall–Kier alpha value is -1.04. The molecule has 0 aliphatic heterocycles. The van der Waals surface area contributed by atoms with E-state index in [4.69, 9.17) is 0 Å². The van der Waals surface area contributed by atoms with Crippen molar-refractivity contribution in [2.24, 2.45) is 0 Å². The largest absolute Gasteiger partial charge is 0.389 e. The van der Waals surface area contributed by atoms with E-state index >= 15 is 0 Å². The van der Waals surface area contributed by atoms with Gasteiger partial charge in [0, 0.05) is 0 Å². The van der Waals surface area contributed by atoms with Crippen molar-refractivity contribution in [1.29, 1.82) is 0 Å². The van der Waals surface area contributed by atoms with Gasteiger partial charge >= 0.3 is 0 Å². The van der Waals surface area contributed by atoms with E-state index in [1.165, 1.54) is 11.0 Å². The Morgan fingerprint density at radius 1 is 1.62 bits per heavy atom. The highest BCUT2D eigenvalue weighted by atomic mass is 19.3. The maximum Gasteiger partial charge on any atom is 0.299 e. The van der Waals surface area contributed by atoms with Crippen LogP contribution in [0.5, 0.6) is 0 Å². The molecule has 13 heavy (non-hydrogen) atoms. The van der Waals surface area contributed by atoms with Gasteiger partial charge in [0.15, 0.2) is 0 Å². The SMILES string of the molecule is CC(C)(O)Cn1cnc(C(F)F)n1. The molecule has 0 saturated heterocycles. The fourth-order valence-corrected chi connectivity index (χ4v) is 0.882. The second kappa shape index (κ2) is 3.37. The van der Waals surface area contributed by atoms with Crippen LogP contribution in [0.1, 0.15) is 26.1 Å². The first-order valence-corrected chi connectivity index (χ1v) is 3.78. The smallest absolute Gasteiger partial charge is 0.299 e. The van der Waals surface area contributed by atoms with Crippen molar-refractivity contribution < 1.29 is 13.9 Å². The zero-order valence-electron chi connectivity index (χ0n) is 7.41. The molecule has 0 bridgehead atoms. The predicted molar refractivity (Wildman–Crippen MR) is 41.3 cm³/mol. The number of hydrogen-bond donors (Lipinski definition) is 1. The van der Waals surface area contributed by atoms with Crippen LogP contribution in [-0.4, -0.2) is 25.5 Å². The summed E-state index contributed by atoms with van der Waals surface area (Å²) in [5.41, 5.74) is -0.979. The standard InChI is InChI=1S/C7H11F2N3O/c1-7(2,13)3-12-4-10-6(11-12)5(8)9/h4-5,13H,3H2,1-2H3. The molecule has 1 aromatic heterocycles. The number of hydrogen-bond acceptors (Lipinski definition) is 3. The maximum absolute atomic E-state index is 12.0. The highest BCUT2D eigenvalue weighted by molar-refractivity contribution is 4.83. The average Bonchev–Trinajstić information content (AvgIpc) is 2.31. The third-order valence-corrected chi connectivity index (χ3v) is 1.30. The highest BCUT2D eigenvalue weighted by Gasteiger charge is 2.17. The molecule has 0 aromatic carbocycles. The van der Waals surface area contributed by atoms with E-state index in [1.54, 1.807) is 13.8 Å². The van der Waals surface area contributed by atoms with Crippen LogP contribution in [0.4, 0.5) is 8.78 Å². The van der Waals surface area contributed by atoms with Crippen molar-refractivity contribution in [3.05, 3.63) is 12.2 Å². The summed E-state index contributed by atoms with van der Waals surface area (Å²) >= 11 is 0. The molecule has 1 heterocycles. The lowest BCUT2D eigenvalue weighted by Crippen LogP contribution is -2.26. The Labute approximate surface area is 74.2 Å². The Kier molecular flexibility index (Phi) is 2.60. The minimum Gasteiger partial charge on any atom is -0.389 e. The summed E-state index contributed by atoms with van der Waals surface area (Å²) in [5.74, 6) is -0.510. The van der Waals surface area contributed by atoms with Crippen LogP contribution in [0.2, 0.25) is 0 Å². The first kappa shape index (κ1) is 10.0. The van der Waals surface area contributed by atoms with Gasteiger partial charge in [-0.25, -0.2) is 18.4 Å². The van der Waals surface area contributed by atoms with Crippen LogP contribution in [0.25, 0.3) is 0 Å². The van der Waals surface area contributed by atoms with E-state index in [0.29, 0.717) is 0 Å². The lowest BCUT2D eigenvalue weighted by Gasteiger charge is -2.15. The molecule has 0 saturated carbocycles. The molecule has 4 nitrogen and oxygen atoms in total. The molecule has 0 spiro atoms. The number of aromatic nitrogens is 3. The van der Waals surface area contributed by atoms with Gasteiger partial charge in [-0.05, 0) is 13.8 Å². The van der Waals surface area contributed by atoms with Gasteiger partial charge in [-0.1, -0.05) is 0 Å². The normalized spacial score (nSPS) is 12.5. The summed E-state index contributed by atoms with van der Waals surface area (Å²) in [7, 11) is 0. The minimum absolute atomic E-state index is 0.146. The molecule has 1 aromatic rings. The van der Waals surface area contributed by atoms with Gasteiger partial charge in [0.25, 0.3) is 6.43 Å². The van der Waals surface area contributed by atoms with E-state index in [2.05, 4.69) is 10.1 Å². The van der Waals surface area contributed by atoms with Crippen LogP contribution in [0.3, 0.4) is 0 Å². The molecule has 0 radical (unpaired) electrons. The van der Waals surface area contributed by atoms with Gasteiger partial charge in [0.05, 0.1) is 12.1 Å². The van der Waals surface area contributed by atoms with E-state index in [1.807, 2.05) is 0 Å². The topological polar surface area (TPSA) is 50.9 Å². The molecule has 0 unspecified atom stereocenters. The predicted octanol–water partition coefficient (Wildman–Crippen LogP) is 0.987. The fourth-order valence-electron chi connectivity index (χ4n) is 0.882. The van der Waals surface area contributed by atoms with Crippen molar-refractivity contribution in [2.75, 3.05) is 0 Å². The molecule has 0 aliphatic rings. The lowest BCUT2D eigenvalue weighted by atomic mass is 10.1. The van der Waals surface area contributed by atoms with Gasteiger partial charge in [-0.2, -0.15) is 0 Å². The number of rotatable bonds is 3. The zero-order chi connectivity index (χ0) is 10.1. The van der Waals surface area contributed by atoms with E-state index in [-0.39, 0.29) is 6.54 Å². The van der Waals surface area contributed by atoms with Gasteiger partial charge < -0.3 is 5.11 Å². The third kappa shape index (κ3) is 3.06. The zero-order valence-corrected chi connectivity index (χ0v) is 7.41. The fraction of sp³-hybridized carbons (Fsp3) is 0.714. The number of nitrogens with zero attached hydrogens (tertiary/aromatic N) is 3. The average molecular weight is 191 g/mol. The quantitative estimate of drug-likeness (QED) is 0.775. The van der Waals surface area contributed by atoms with E-state index in [9.17, 15) is 13.9 Å². The maximum atomic E-state index is 12.0. The van der Waals surface area contributed by atoms with Gasteiger partial charge in [-0.15, -0.1) is 5.10 Å². The van der Waals surface area contributed by atoms with Gasteiger partial charge in [-0.3, -0.25) is 0 Å². The first-order chi connectivity index (χ1) is 5.88. The highest BCUT2D eigenvalue weighted by Crippen LogP contribution is 2.13. The summed E-state index contributed by atoms with van der Waals surface area (Å²) < 4.78 is 25.2. The Balaban J connectivity index is 2.70. The van der Waals surface area contributed by atoms with Crippen molar-refractivity contribution in [3.63, 3.8) is 0 Å². The summed E-state index contributed by atoms with van der Waals surface area (Å²) in [6.07, 6.45) is -1.48. The first-order valence-electron chi connectivity index (χ1n) is 3.78. The molecule has 0 atom stereocenters. The third-order valence-electron chi connectivity index (χ3n) is 1.30. The summed E-state index contributed by atoms with van der Waals surface area (Å²) in [6.45, 7) is 3.28. The van der Waals surface area contributed by atoms with Crippen LogP contribution in [0, 0.1) is 0 Å². The van der Waals surface area contributed by atoms with Gasteiger partial charge in [0.1, 0.15) is 6.33 Å². The van der Waals surface area contributed by atoms with Crippen LogP contribution < -0.4 is 0 Å². The summed E-state index contributed by atoms with van der Waals surface area (Å²) in [4.78, 5) is 3.39. The number of halogens is 2. The lowest BCUT2D eigenvalue weighted by molar-refractivity contribution is 0.0567. The summed E-state index contributed by atoms with van der Waals surface area (Å²) in [5, 5.41) is 12.8. The van der Waals surface area contributed by atoms with E-state index < -0.39 is 17.9 Å². The molecule has 74 valence electrons. The molecular weight excluding hydrogens is 180 g/mol. The Bertz CT molecular complexity index is 280. The van der Waals surface area contributed by atoms with Gasteiger partial charge in [0.2, 0.25) is 5.82 Å². The monoisotopic (exact) mass is 191 g/mol. The number of alkyl halides is 2. The van der Waals surface area contributed by atoms with Crippen LogP contribution >= 0.6 is 0 Å².